The van der Waals surface area contributed by atoms with Gasteiger partial charge in [0.05, 0.1) is 13.2 Å². The van der Waals surface area contributed by atoms with Gasteiger partial charge < -0.3 is 10.1 Å². The van der Waals surface area contributed by atoms with Crippen LogP contribution in [0.3, 0.4) is 0 Å². The van der Waals surface area contributed by atoms with E-state index in [-0.39, 0.29) is 6.04 Å². The largest absolute Gasteiger partial charge is 0.496 e. The fourth-order valence-electron chi connectivity index (χ4n) is 2.20. The Bertz CT molecular complexity index is 519. The maximum atomic E-state index is 5.44. The van der Waals surface area contributed by atoms with E-state index in [1.165, 1.54) is 11.1 Å². The maximum Gasteiger partial charge on any atom is 0.124 e. The Balaban J connectivity index is 2.22. The molecule has 1 unspecified atom stereocenters. The van der Waals surface area contributed by atoms with Gasteiger partial charge in [-0.15, -0.1) is 0 Å². The van der Waals surface area contributed by atoms with Gasteiger partial charge in [0.15, 0.2) is 0 Å². The average molecular weight is 255 g/mol. The fourth-order valence-corrected chi connectivity index (χ4v) is 2.20. The SMILES string of the molecule is CCC(Nc1ccc(C)cc1)c1ccccc1OC. The number of anilines is 1. The number of hydrogen-bond donors (Lipinski definition) is 1. The average Bonchev–Trinajstić information content (AvgIpc) is 2.46. The number of hydrogen-bond acceptors (Lipinski definition) is 2. The Labute approximate surface area is 115 Å². The molecule has 1 atom stereocenters. The van der Waals surface area contributed by atoms with Crippen LogP contribution in [-0.4, -0.2) is 7.11 Å². The van der Waals surface area contributed by atoms with Gasteiger partial charge >= 0.3 is 0 Å². The van der Waals surface area contributed by atoms with Crippen molar-refractivity contribution in [3.05, 3.63) is 59.7 Å². The van der Waals surface area contributed by atoms with Crippen LogP contribution in [-0.2, 0) is 0 Å². The van der Waals surface area contributed by atoms with Gasteiger partial charge in [-0.1, -0.05) is 42.8 Å². The second-order valence-corrected chi connectivity index (χ2v) is 4.71. The Hall–Kier alpha value is -1.96. The summed E-state index contributed by atoms with van der Waals surface area (Å²) in [6.45, 7) is 4.28. The van der Waals surface area contributed by atoms with Crippen molar-refractivity contribution < 1.29 is 4.74 Å². The summed E-state index contributed by atoms with van der Waals surface area (Å²) in [4.78, 5) is 0. The van der Waals surface area contributed by atoms with Crippen LogP contribution in [0.25, 0.3) is 0 Å². The van der Waals surface area contributed by atoms with E-state index in [0.29, 0.717) is 0 Å². The highest BCUT2D eigenvalue weighted by Gasteiger charge is 2.13. The second kappa shape index (κ2) is 6.28. The Kier molecular flexibility index (Phi) is 4.45. The van der Waals surface area contributed by atoms with Crippen molar-refractivity contribution in [3.8, 4) is 5.75 Å². The number of ether oxygens (including phenoxy) is 1. The molecule has 100 valence electrons. The zero-order chi connectivity index (χ0) is 13.7. The summed E-state index contributed by atoms with van der Waals surface area (Å²) in [6, 6.07) is 16.9. The highest BCUT2D eigenvalue weighted by atomic mass is 16.5. The minimum atomic E-state index is 0.263. The molecule has 2 heteroatoms. The van der Waals surface area contributed by atoms with Crippen LogP contribution in [0.5, 0.6) is 5.75 Å². The first-order valence-electron chi connectivity index (χ1n) is 6.70. The third kappa shape index (κ3) is 3.28. The van der Waals surface area contributed by atoms with Gasteiger partial charge in [-0.05, 0) is 31.5 Å². The molecule has 2 rings (SSSR count). The molecule has 0 heterocycles. The van der Waals surface area contributed by atoms with Crippen LogP contribution in [0.2, 0.25) is 0 Å². The number of benzene rings is 2. The lowest BCUT2D eigenvalue weighted by Crippen LogP contribution is -2.10. The fraction of sp³-hybridized carbons (Fsp3) is 0.294. The molecule has 0 saturated heterocycles. The molecule has 2 aromatic rings. The molecule has 1 N–H and O–H groups in total. The predicted octanol–water partition coefficient (Wildman–Crippen LogP) is 4.57. The van der Waals surface area contributed by atoms with E-state index in [9.17, 15) is 0 Å². The lowest BCUT2D eigenvalue weighted by Gasteiger charge is -2.21. The van der Waals surface area contributed by atoms with E-state index in [2.05, 4.69) is 55.6 Å². The number of aryl methyl sites for hydroxylation is 1. The third-order valence-electron chi connectivity index (χ3n) is 3.32. The van der Waals surface area contributed by atoms with Crippen molar-refractivity contribution in [2.75, 3.05) is 12.4 Å². The maximum absolute atomic E-state index is 5.44. The van der Waals surface area contributed by atoms with Gasteiger partial charge in [0.2, 0.25) is 0 Å². The third-order valence-corrected chi connectivity index (χ3v) is 3.32. The van der Waals surface area contributed by atoms with Crippen LogP contribution in [0.4, 0.5) is 5.69 Å². The van der Waals surface area contributed by atoms with Gasteiger partial charge in [0.25, 0.3) is 0 Å². The highest BCUT2D eigenvalue weighted by molar-refractivity contribution is 5.48. The first kappa shape index (κ1) is 13.5. The van der Waals surface area contributed by atoms with Gasteiger partial charge in [0, 0.05) is 11.3 Å². The van der Waals surface area contributed by atoms with Gasteiger partial charge in [-0.25, -0.2) is 0 Å². The minimum absolute atomic E-state index is 0.263. The molecule has 0 aliphatic rings. The standard InChI is InChI=1S/C17H21NO/c1-4-16(15-7-5-6-8-17(15)19-3)18-14-11-9-13(2)10-12-14/h5-12,16,18H,4H2,1-3H3. The minimum Gasteiger partial charge on any atom is -0.496 e. The summed E-state index contributed by atoms with van der Waals surface area (Å²) in [5.41, 5.74) is 3.62. The highest BCUT2D eigenvalue weighted by Crippen LogP contribution is 2.29. The zero-order valence-electron chi connectivity index (χ0n) is 11.8. The van der Waals surface area contributed by atoms with Crippen molar-refractivity contribution in [1.29, 1.82) is 0 Å². The van der Waals surface area contributed by atoms with Crippen LogP contribution in [0, 0.1) is 6.92 Å². The molecular formula is C17H21NO. The van der Waals surface area contributed by atoms with E-state index in [0.717, 1.165) is 17.9 Å². The van der Waals surface area contributed by atoms with Crippen LogP contribution >= 0.6 is 0 Å². The zero-order valence-corrected chi connectivity index (χ0v) is 11.8. The molecule has 0 aliphatic carbocycles. The van der Waals surface area contributed by atoms with Crippen LogP contribution in [0.15, 0.2) is 48.5 Å². The quantitative estimate of drug-likeness (QED) is 0.845. The van der Waals surface area contributed by atoms with E-state index >= 15 is 0 Å². The molecule has 2 nitrogen and oxygen atoms in total. The summed E-state index contributed by atoms with van der Waals surface area (Å²) in [7, 11) is 1.72. The summed E-state index contributed by atoms with van der Waals surface area (Å²) in [5, 5.41) is 3.57. The molecule has 0 aliphatic heterocycles. The molecule has 2 aromatic carbocycles. The molecule has 0 amide bonds. The summed E-state index contributed by atoms with van der Waals surface area (Å²) in [5.74, 6) is 0.939. The predicted molar refractivity (Wildman–Crippen MR) is 80.8 cm³/mol. The lowest BCUT2D eigenvalue weighted by atomic mass is 10.0. The van der Waals surface area contributed by atoms with Crippen molar-refractivity contribution in [2.24, 2.45) is 0 Å². The number of para-hydroxylation sites is 1. The van der Waals surface area contributed by atoms with Crippen molar-refractivity contribution in [2.45, 2.75) is 26.3 Å². The van der Waals surface area contributed by atoms with Gasteiger partial charge in [-0.2, -0.15) is 0 Å². The molecule has 0 fully saturated rings. The topological polar surface area (TPSA) is 21.3 Å². The van der Waals surface area contributed by atoms with E-state index in [1.54, 1.807) is 7.11 Å². The van der Waals surface area contributed by atoms with Crippen molar-refractivity contribution in [1.82, 2.24) is 0 Å². The number of nitrogens with one attached hydrogen (secondary N) is 1. The van der Waals surface area contributed by atoms with Crippen molar-refractivity contribution >= 4 is 5.69 Å². The van der Waals surface area contributed by atoms with Gasteiger partial charge in [-0.3, -0.25) is 0 Å². The van der Waals surface area contributed by atoms with E-state index in [4.69, 9.17) is 4.74 Å². The number of methoxy groups -OCH3 is 1. The normalized spacial score (nSPS) is 11.9. The van der Waals surface area contributed by atoms with Gasteiger partial charge in [0.1, 0.15) is 5.75 Å². The lowest BCUT2D eigenvalue weighted by molar-refractivity contribution is 0.406. The molecule has 0 spiro atoms. The van der Waals surface area contributed by atoms with Crippen LogP contribution < -0.4 is 10.1 Å². The Morgan fingerprint density at radius 3 is 2.37 bits per heavy atom. The van der Waals surface area contributed by atoms with E-state index in [1.807, 2.05) is 12.1 Å². The molecule has 0 aromatic heterocycles. The molecule has 0 bridgehead atoms. The van der Waals surface area contributed by atoms with Crippen molar-refractivity contribution in [3.63, 3.8) is 0 Å². The molecule has 19 heavy (non-hydrogen) atoms. The summed E-state index contributed by atoms with van der Waals surface area (Å²) >= 11 is 0. The second-order valence-electron chi connectivity index (χ2n) is 4.71. The Morgan fingerprint density at radius 1 is 1.05 bits per heavy atom. The van der Waals surface area contributed by atoms with Crippen LogP contribution in [0.1, 0.15) is 30.5 Å². The first-order valence-corrected chi connectivity index (χ1v) is 6.70. The summed E-state index contributed by atoms with van der Waals surface area (Å²) < 4.78 is 5.44. The smallest absolute Gasteiger partial charge is 0.124 e. The monoisotopic (exact) mass is 255 g/mol. The van der Waals surface area contributed by atoms with E-state index < -0.39 is 0 Å². The molecule has 0 saturated carbocycles. The summed E-state index contributed by atoms with van der Waals surface area (Å²) in [6.07, 6.45) is 1.01. The number of rotatable bonds is 5. The first-order chi connectivity index (χ1) is 9.24. The Morgan fingerprint density at radius 2 is 1.74 bits per heavy atom. The molecule has 0 radical (unpaired) electrons. The molecular weight excluding hydrogens is 234 g/mol.